The molecule has 1 unspecified atom stereocenters. The third kappa shape index (κ3) is 6.18. The molecule has 6 N–H and O–H groups in total. The van der Waals surface area contributed by atoms with Gasteiger partial charge in [0.2, 0.25) is 11.8 Å². The van der Waals surface area contributed by atoms with E-state index in [-0.39, 0.29) is 18.7 Å². The van der Waals surface area contributed by atoms with Gasteiger partial charge >= 0.3 is 6.09 Å². The minimum absolute atomic E-state index is 0.197. The van der Waals surface area contributed by atoms with Gasteiger partial charge in [0.25, 0.3) is 0 Å². The van der Waals surface area contributed by atoms with E-state index in [1.54, 1.807) is 48.7 Å². The van der Waals surface area contributed by atoms with E-state index in [9.17, 15) is 14.4 Å². The largest absolute Gasteiger partial charge is 0.465 e. The first-order chi connectivity index (χ1) is 15.4. The Labute approximate surface area is 185 Å². The quantitative estimate of drug-likeness (QED) is 0.256. The summed E-state index contributed by atoms with van der Waals surface area (Å²) in [5, 5.41) is 17.7. The number of aromatic nitrogens is 1. The summed E-state index contributed by atoms with van der Waals surface area (Å²) in [4.78, 5) is 40.3. The average molecular weight is 435 g/mol. The van der Waals surface area contributed by atoms with Crippen molar-refractivity contribution in [1.82, 2.24) is 10.3 Å². The highest BCUT2D eigenvalue weighted by Crippen LogP contribution is 2.21. The van der Waals surface area contributed by atoms with Crippen LogP contribution in [0.15, 0.2) is 60.8 Å². The van der Waals surface area contributed by atoms with E-state index >= 15 is 0 Å². The summed E-state index contributed by atoms with van der Waals surface area (Å²) in [6.45, 7) is 0. The van der Waals surface area contributed by atoms with E-state index in [0.29, 0.717) is 35.4 Å². The molecule has 0 saturated carbocycles. The fraction of sp³-hybridized carbons (Fsp3) is 0.217. The highest BCUT2D eigenvalue weighted by molar-refractivity contribution is 6.03. The van der Waals surface area contributed by atoms with E-state index in [2.05, 4.69) is 20.9 Å². The van der Waals surface area contributed by atoms with E-state index in [0.717, 1.165) is 5.39 Å². The second kappa shape index (κ2) is 10.8. The maximum absolute atomic E-state index is 12.7. The Hall–Kier alpha value is -4.14. The van der Waals surface area contributed by atoms with Crippen molar-refractivity contribution in [2.45, 2.75) is 31.7 Å². The van der Waals surface area contributed by atoms with Crippen molar-refractivity contribution >= 4 is 45.9 Å². The number of hydrogen-bond donors (Lipinski definition) is 5. The number of para-hydroxylation sites is 3. The zero-order chi connectivity index (χ0) is 22.9. The number of nitrogens with zero attached hydrogens (tertiary/aromatic N) is 1. The first-order valence-corrected chi connectivity index (χ1v) is 10.2. The van der Waals surface area contributed by atoms with Gasteiger partial charge in [0.05, 0.1) is 22.6 Å². The molecule has 0 aliphatic rings. The van der Waals surface area contributed by atoms with Crippen LogP contribution in [0.2, 0.25) is 0 Å². The molecule has 0 fully saturated rings. The number of hydrogen-bond acceptors (Lipinski definition) is 5. The number of carbonyl (C=O) groups is 3. The monoisotopic (exact) mass is 435 g/mol. The molecule has 9 nitrogen and oxygen atoms in total. The van der Waals surface area contributed by atoms with Crippen LogP contribution in [-0.4, -0.2) is 34.0 Å². The first kappa shape index (κ1) is 22.5. The number of nitrogens with two attached hydrogens (primary N) is 1. The Bertz CT molecular complexity index is 1110. The molecule has 32 heavy (non-hydrogen) atoms. The van der Waals surface area contributed by atoms with Crippen LogP contribution in [0.1, 0.15) is 25.7 Å². The lowest BCUT2D eigenvalue weighted by molar-refractivity contribution is -0.118. The number of carboxylic acid groups (broad SMARTS) is 1. The summed E-state index contributed by atoms with van der Waals surface area (Å²) in [6, 6.07) is 15.1. The molecule has 0 radical (unpaired) electrons. The third-order valence-electron chi connectivity index (χ3n) is 4.89. The third-order valence-corrected chi connectivity index (χ3v) is 4.89. The molecule has 2 aromatic carbocycles. The lowest BCUT2D eigenvalue weighted by atomic mass is 10.1. The lowest BCUT2D eigenvalue weighted by Crippen LogP contribution is -2.43. The van der Waals surface area contributed by atoms with Crippen LogP contribution in [0.5, 0.6) is 0 Å². The van der Waals surface area contributed by atoms with Crippen molar-refractivity contribution in [3.63, 3.8) is 0 Å². The Balaban J connectivity index is 1.54. The van der Waals surface area contributed by atoms with Gasteiger partial charge in [-0.05, 0) is 37.1 Å². The zero-order valence-corrected chi connectivity index (χ0v) is 17.4. The van der Waals surface area contributed by atoms with E-state index in [4.69, 9.17) is 10.8 Å². The Morgan fingerprint density at radius 2 is 1.69 bits per heavy atom. The minimum atomic E-state index is -1.29. The number of nitrogens with one attached hydrogen (secondary N) is 3. The van der Waals surface area contributed by atoms with Crippen molar-refractivity contribution in [3.8, 4) is 0 Å². The minimum Gasteiger partial charge on any atom is -0.465 e. The van der Waals surface area contributed by atoms with Gasteiger partial charge in [0.15, 0.2) is 0 Å². The van der Waals surface area contributed by atoms with Crippen molar-refractivity contribution in [2.24, 2.45) is 0 Å². The summed E-state index contributed by atoms with van der Waals surface area (Å²) in [5.41, 5.74) is 7.96. The van der Waals surface area contributed by atoms with Crippen LogP contribution in [0.3, 0.4) is 0 Å². The number of fused-ring (bicyclic) bond motifs is 1. The smallest absolute Gasteiger partial charge is 0.405 e. The van der Waals surface area contributed by atoms with Crippen LogP contribution in [0.4, 0.5) is 21.9 Å². The second-order valence-electron chi connectivity index (χ2n) is 7.25. The fourth-order valence-corrected chi connectivity index (χ4v) is 3.30. The predicted molar refractivity (Wildman–Crippen MR) is 123 cm³/mol. The van der Waals surface area contributed by atoms with Gasteiger partial charge in [-0.2, -0.15) is 0 Å². The van der Waals surface area contributed by atoms with Crippen LogP contribution >= 0.6 is 0 Å². The Morgan fingerprint density at radius 1 is 0.938 bits per heavy atom. The number of rotatable bonds is 9. The normalized spacial score (nSPS) is 11.5. The summed E-state index contributed by atoms with van der Waals surface area (Å²) >= 11 is 0. The molecule has 0 aliphatic carbocycles. The van der Waals surface area contributed by atoms with E-state index in [1.165, 1.54) is 0 Å². The highest BCUT2D eigenvalue weighted by Gasteiger charge is 2.21. The molecule has 3 aromatic rings. The number of carbonyl (C=O) groups excluding carboxylic acids is 2. The number of unbranched alkanes of at least 4 members (excludes halogenated alkanes) is 1. The van der Waals surface area contributed by atoms with Gasteiger partial charge in [0, 0.05) is 18.0 Å². The Morgan fingerprint density at radius 3 is 2.47 bits per heavy atom. The molecule has 1 aromatic heterocycles. The molecule has 3 rings (SSSR count). The molecule has 1 atom stereocenters. The van der Waals surface area contributed by atoms with Gasteiger partial charge in [-0.15, -0.1) is 0 Å². The molecule has 0 saturated heterocycles. The summed E-state index contributed by atoms with van der Waals surface area (Å²) < 4.78 is 0. The van der Waals surface area contributed by atoms with Crippen molar-refractivity contribution in [2.75, 3.05) is 16.4 Å². The molecule has 9 heteroatoms. The van der Waals surface area contributed by atoms with Gasteiger partial charge in [0.1, 0.15) is 6.04 Å². The molecular formula is C23H25N5O4. The topological polar surface area (TPSA) is 146 Å². The van der Waals surface area contributed by atoms with Crippen LogP contribution in [-0.2, 0) is 9.59 Å². The van der Waals surface area contributed by atoms with Crippen LogP contribution in [0, 0.1) is 0 Å². The fourth-order valence-electron chi connectivity index (χ4n) is 3.30. The zero-order valence-electron chi connectivity index (χ0n) is 17.4. The SMILES string of the molecule is Nc1ccccc1NC(=O)CCCCC(NC(=O)O)C(=O)Nc1cccc2cccnc12. The summed E-state index contributed by atoms with van der Waals surface area (Å²) in [5.74, 6) is -0.677. The maximum Gasteiger partial charge on any atom is 0.405 e. The van der Waals surface area contributed by atoms with Crippen molar-refractivity contribution in [3.05, 3.63) is 60.8 Å². The second-order valence-corrected chi connectivity index (χ2v) is 7.25. The summed E-state index contributed by atoms with van der Waals surface area (Å²) in [6.07, 6.45) is 1.76. The Kier molecular flexibility index (Phi) is 7.58. The van der Waals surface area contributed by atoms with Gasteiger partial charge < -0.3 is 26.8 Å². The molecule has 0 bridgehead atoms. The number of amides is 3. The van der Waals surface area contributed by atoms with Gasteiger partial charge in [-0.25, -0.2) is 4.79 Å². The standard InChI is InChI=1S/C23H25N5O4/c24-16-9-1-2-10-17(16)26-20(29)13-4-3-11-19(28-23(31)32)22(30)27-18-12-5-7-15-8-6-14-25-21(15)18/h1-2,5-10,12,14,19,28H,3-4,11,13,24H2,(H,26,29)(H,27,30)(H,31,32). The maximum atomic E-state index is 12.7. The molecule has 166 valence electrons. The molecule has 1 heterocycles. The predicted octanol–water partition coefficient (Wildman–Crippen LogP) is 3.59. The first-order valence-electron chi connectivity index (χ1n) is 10.2. The van der Waals surface area contributed by atoms with Gasteiger partial charge in [-0.1, -0.05) is 36.8 Å². The van der Waals surface area contributed by atoms with Crippen molar-refractivity contribution in [1.29, 1.82) is 0 Å². The number of nitrogen functional groups attached to an aromatic ring is 1. The number of anilines is 3. The van der Waals surface area contributed by atoms with E-state index < -0.39 is 18.0 Å². The molecule has 0 aliphatic heterocycles. The van der Waals surface area contributed by atoms with Crippen LogP contribution < -0.4 is 21.7 Å². The number of benzene rings is 2. The molecule has 0 spiro atoms. The average Bonchev–Trinajstić information content (AvgIpc) is 2.77. The number of pyridine rings is 1. The van der Waals surface area contributed by atoms with E-state index in [1.807, 2.05) is 12.1 Å². The molecular weight excluding hydrogens is 410 g/mol. The lowest BCUT2D eigenvalue weighted by Gasteiger charge is -2.17. The van der Waals surface area contributed by atoms with Crippen molar-refractivity contribution < 1.29 is 19.5 Å². The van der Waals surface area contributed by atoms with Gasteiger partial charge in [-0.3, -0.25) is 14.6 Å². The highest BCUT2D eigenvalue weighted by atomic mass is 16.4. The van der Waals surface area contributed by atoms with Crippen LogP contribution in [0.25, 0.3) is 10.9 Å². The summed E-state index contributed by atoms with van der Waals surface area (Å²) in [7, 11) is 0. The molecule has 3 amide bonds.